The highest BCUT2D eigenvalue weighted by Crippen LogP contribution is 2.43. The first-order valence-electron chi connectivity index (χ1n) is 9.37. The summed E-state index contributed by atoms with van der Waals surface area (Å²) in [5.41, 5.74) is -1.75. The number of nitrogens with one attached hydrogen (secondary N) is 1. The molecule has 0 spiro atoms. The molecule has 1 rings (SSSR count). The lowest BCUT2D eigenvalue weighted by Gasteiger charge is -2.39. The van der Waals surface area contributed by atoms with Crippen LogP contribution in [0.15, 0.2) is 0 Å². The SMILES string of the molecule is CC(=O)N[C@]1(COC(C)=O)[C@H](COC(C)=O)[C@H](OC(C)=O)[C@@H](OC(C)=O)[C@H]1OC(C)=O. The predicted octanol–water partition coefficient (Wildman–Crippen LogP) is -0.588. The summed E-state index contributed by atoms with van der Waals surface area (Å²) in [5.74, 6) is -5.53. The van der Waals surface area contributed by atoms with Gasteiger partial charge in [0, 0.05) is 41.5 Å². The zero-order chi connectivity index (χ0) is 23.9. The largest absolute Gasteiger partial charge is 0.465 e. The van der Waals surface area contributed by atoms with Gasteiger partial charge in [0.05, 0.1) is 5.92 Å². The highest BCUT2D eigenvalue weighted by atomic mass is 16.6. The average molecular weight is 445 g/mol. The van der Waals surface area contributed by atoms with Gasteiger partial charge in [0.2, 0.25) is 5.91 Å². The first kappa shape index (κ1) is 25.9. The van der Waals surface area contributed by atoms with Crippen LogP contribution in [0.3, 0.4) is 0 Å². The number of hydrogen-bond acceptors (Lipinski definition) is 11. The van der Waals surface area contributed by atoms with E-state index in [9.17, 15) is 28.8 Å². The van der Waals surface area contributed by atoms with E-state index in [0.717, 1.165) is 41.5 Å². The summed E-state index contributed by atoms with van der Waals surface area (Å²) in [4.78, 5) is 70.6. The molecule has 0 saturated heterocycles. The van der Waals surface area contributed by atoms with Crippen LogP contribution in [0.25, 0.3) is 0 Å². The summed E-state index contributed by atoms with van der Waals surface area (Å²) < 4.78 is 26.2. The van der Waals surface area contributed by atoms with Crippen molar-refractivity contribution in [1.29, 1.82) is 0 Å². The molecule has 0 heterocycles. The lowest BCUT2D eigenvalue weighted by atomic mass is 9.85. The van der Waals surface area contributed by atoms with Crippen LogP contribution >= 0.6 is 0 Å². The lowest BCUT2D eigenvalue weighted by Crippen LogP contribution is -2.64. The molecule has 1 fully saturated rings. The molecule has 0 aromatic heterocycles. The standard InChI is InChI=1S/C19H27NO11/c1-9(21)20-19(8-28-11(3)23)15(7-27-10(2)22)16(29-12(4)24)17(30-13(5)25)18(19)31-14(6)26/h15-18H,7-8H2,1-6H3,(H,20,21)/t15-,16+,17-,18-,19-/m1/s1. The molecule has 0 unspecified atom stereocenters. The van der Waals surface area contributed by atoms with Gasteiger partial charge < -0.3 is 29.0 Å². The van der Waals surface area contributed by atoms with Gasteiger partial charge in [-0.2, -0.15) is 0 Å². The van der Waals surface area contributed by atoms with E-state index in [-0.39, 0.29) is 0 Å². The highest BCUT2D eigenvalue weighted by molar-refractivity contribution is 5.75. The molecule has 1 aliphatic carbocycles. The van der Waals surface area contributed by atoms with Gasteiger partial charge >= 0.3 is 29.8 Å². The fraction of sp³-hybridized carbons (Fsp3) is 0.684. The second-order valence-corrected chi connectivity index (χ2v) is 7.09. The van der Waals surface area contributed by atoms with E-state index >= 15 is 0 Å². The van der Waals surface area contributed by atoms with Gasteiger partial charge in [-0.3, -0.25) is 28.8 Å². The van der Waals surface area contributed by atoms with E-state index in [0.29, 0.717) is 0 Å². The predicted molar refractivity (Wildman–Crippen MR) is 100.0 cm³/mol. The summed E-state index contributed by atoms with van der Waals surface area (Å²) in [6.07, 6.45) is -4.15. The molecule has 1 saturated carbocycles. The summed E-state index contributed by atoms with van der Waals surface area (Å²) in [5, 5.41) is 2.58. The molecule has 1 amide bonds. The lowest BCUT2D eigenvalue weighted by molar-refractivity contribution is -0.178. The third-order valence-corrected chi connectivity index (χ3v) is 4.47. The smallest absolute Gasteiger partial charge is 0.303 e. The van der Waals surface area contributed by atoms with Crippen molar-refractivity contribution < 1.29 is 52.5 Å². The minimum Gasteiger partial charge on any atom is -0.465 e. The zero-order valence-corrected chi connectivity index (χ0v) is 18.2. The maximum absolute atomic E-state index is 12.1. The number of rotatable bonds is 8. The van der Waals surface area contributed by atoms with E-state index in [2.05, 4.69) is 5.32 Å². The molecule has 0 bridgehead atoms. The van der Waals surface area contributed by atoms with Crippen molar-refractivity contribution in [2.45, 2.75) is 65.4 Å². The van der Waals surface area contributed by atoms with Crippen molar-refractivity contribution in [3.63, 3.8) is 0 Å². The Morgan fingerprint density at radius 3 is 1.58 bits per heavy atom. The maximum atomic E-state index is 12.1. The first-order chi connectivity index (χ1) is 14.3. The Labute approximate surface area is 178 Å². The number of carbonyl (C=O) groups excluding carboxylic acids is 6. The second kappa shape index (κ2) is 10.7. The van der Waals surface area contributed by atoms with Crippen LogP contribution in [0.5, 0.6) is 0 Å². The normalized spacial score (nSPS) is 26.9. The molecule has 5 atom stereocenters. The number of amides is 1. The van der Waals surface area contributed by atoms with E-state index in [1.54, 1.807) is 0 Å². The van der Waals surface area contributed by atoms with Crippen molar-refractivity contribution in [2.24, 2.45) is 5.92 Å². The Kier molecular flexibility index (Phi) is 8.95. The van der Waals surface area contributed by atoms with Crippen LogP contribution in [-0.2, 0) is 52.5 Å². The van der Waals surface area contributed by atoms with Gasteiger partial charge in [-0.15, -0.1) is 0 Å². The third-order valence-electron chi connectivity index (χ3n) is 4.47. The fourth-order valence-corrected chi connectivity index (χ4v) is 3.60. The van der Waals surface area contributed by atoms with Crippen LogP contribution < -0.4 is 5.32 Å². The van der Waals surface area contributed by atoms with Gasteiger partial charge in [-0.25, -0.2) is 0 Å². The molecule has 174 valence electrons. The molecular formula is C19H27NO11. The molecule has 31 heavy (non-hydrogen) atoms. The number of carbonyl (C=O) groups is 6. The Bertz CT molecular complexity index is 749. The average Bonchev–Trinajstić information content (AvgIpc) is 2.79. The van der Waals surface area contributed by atoms with Gasteiger partial charge in [0.25, 0.3) is 0 Å². The maximum Gasteiger partial charge on any atom is 0.303 e. The quantitative estimate of drug-likeness (QED) is 0.376. The zero-order valence-electron chi connectivity index (χ0n) is 18.2. The van der Waals surface area contributed by atoms with Crippen LogP contribution in [-0.4, -0.2) is 72.8 Å². The number of ether oxygens (including phenoxy) is 5. The Morgan fingerprint density at radius 1 is 0.677 bits per heavy atom. The van der Waals surface area contributed by atoms with E-state index in [1.807, 2.05) is 0 Å². The third kappa shape index (κ3) is 6.93. The molecule has 0 aromatic carbocycles. The molecule has 0 radical (unpaired) electrons. The van der Waals surface area contributed by atoms with Gasteiger partial charge in [0.15, 0.2) is 18.3 Å². The Balaban J connectivity index is 3.72. The molecule has 1 aliphatic rings. The van der Waals surface area contributed by atoms with E-state index in [1.165, 1.54) is 0 Å². The summed E-state index contributed by atoms with van der Waals surface area (Å²) in [7, 11) is 0. The van der Waals surface area contributed by atoms with Gasteiger partial charge in [0.1, 0.15) is 18.8 Å². The van der Waals surface area contributed by atoms with Crippen LogP contribution in [0.4, 0.5) is 0 Å². The van der Waals surface area contributed by atoms with Crippen molar-refractivity contribution in [3.8, 4) is 0 Å². The summed E-state index contributed by atoms with van der Waals surface area (Å²) >= 11 is 0. The molecule has 0 aromatic rings. The second-order valence-electron chi connectivity index (χ2n) is 7.09. The van der Waals surface area contributed by atoms with Crippen molar-refractivity contribution >= 4 is 35.8 Å². The molecular weight excluding hydrogens is 418 g/mol. The minimum atomic E-state index is -1.75. The highest BCUT2D eigenvalue weighted by Gasteiger charge is 2.67. The van der Waals surface area contributed by atoms with Crippen LogP contribution in [0.2, 0.25) is 0 Å². The summed E-state index contributed by atoms with van der Waals surface area (Å²) in [6.45, 7) is 5.67. The molecule has 12 nitrogen and oxygen atoms in total. The topological polar surface area (TPSA) is 161 Å². The molecule has 12 heteroatoms. The van der Waals surface area contributed by atoms with Crippen molar-refractivity contribution in [3.05, 3.63) is 0 Å². The van der Waals surface area contributed by atoms with E-state index < -0.39 is 78.7 Å². The Hall–Kier alpha value is -3.18. The van der Waals surface area contributed by atoms with Crippen molar-refractivity contribution in [1.82, 2.24) is 5.32 Å². The number of hydrogen-bond donors (Lipinski definition) is 1. The van der Waals surface area contributed by atoms with Crippen LogP contribution in [0, 0.1) is 5.92 Å². The molecule has 1 N–H and O–H groups in total. The molecule has 0 aliphatic heterocycles. The van der Waals surface area contributed by atoms with Gasteiger partial charge in [-0.1, -0.05) is 0 Å². The Morgan fingerprint density at radius 2 is 1.16 bits per heavy atom. The number of esters is 5. The van der Waals surface area contributed by atoms with E-state index in [4.69, 9.17) is 23.7 Å². The van der Waals surface area contributed by atoms with Gasteiger partial charge in [-0.05, 0) is 0 Å². The summed E-state index contributed by atoms with van der Waals surface area (Å²) in [6, 6.07) is 0. The van der Waals surface area contributed by atoms with Crippen molar-refractivity contribution in [2.75, 3.05) is 13.2 Å². The minimum absolute atomic E-state index is 0.440. The monoisotopic (exact) mass is 445 g/mol. The first-order valence-corrected chi connectivity index (χ1v) is 9.37. The fourth-order valence-electron chi connectivity index (χ4n) is 3.60. The van der Waals surface area contributed by atoms with Crippen LogP contribution in [0.1, 0.15) is 41.5 Å².